The highest BCUT2D eigenvalue weighted by Crippen LogP contribution is 2.28. The van der Waals surface area contributed by atoms with E-state index in [9.17, 15) is 4.79 Å². The number of amides is 1. The Balaban J connectivity index is 0.00000264. The fourth-order valence-corrected chi connectivity index (χ4v) is 2.20. The largest absolute Gasteiger partial charge is 0.493 e. The van der Waals surface area contributed by atoms with Crippen LogP contribution in [0.1, 0.15) is 30.6 Å². The number of rotatable bonds is 5. The molecule has 6 heteroatoms. The van der Waals surface area contributed by atoms with Gasteiger partial charge in [-0.1, -0.05) is 44.2 Å². The van der Waals surface area contributed by atoms with Crippen molar-refractivity contribution in [3.8, 4) is 5.75 Å². The van der Waals surface area contributed by atoms with Gasteiger partial charge in [0, 0.05) is 0 Å². The molecule has 23 heavy (non-hydrogen) atoms. The van der Waals surface area contributed by atoms with E-state index in [1.54, 1.807) is 6.07 Å². The molecule has 0 heterocycles. The molecule has 1 amide bonds. The quantitative estimate of drug-likeness (QED) is 0.578. The number of carbonyl (C=O) groups excluding carboxylic acids is 1. The van der Waals surface area contributed by atoms with Crippen molar-refractivity contribution in [2.75, 3.05) is 6.61 Å². The predicted molar refractivity (Wildman–Crippen MR) is 95.5 cm³/mol. The Morgan fingerprint density at radius 3 is 2.61 bits per heavy atom. The van der Waals surface area contributed by atoms with Crippen LogP contribution in [0.3, 0.4) is 0 Å². The number of guanidine groups is 1. The van der Waals surface area contributed by atoms with Crippen molar-refractivity contribution < 1.29 is 9.53 Å². The Hall–Kier alpha value is -2.27. The zero-order valence-electron chi connectivity index (χ0n) is 13.3. The highest BCUT2D eigenvalue weighted by molar-refractivity contribution is 6.14. The minimum absolute atomic E-state index is 0. The second-order valence-electron chi connectivity index (χ2n) is 5.56. The van der Waals surface area contributed by atoms with E-state index >= 15 is 0 Å². The molecule has 4 N–H and O–H groups in total. The average molecular weight is 336 g/mol. The van der Waals surface area contributed by atoms with E-state index in [1.165, 1.54) is 0 Å². The third-order valence-electron chi connectivity index (χ3n) is 3.32. The molecule has 0 saturated carbocycles. The van der Waals surface area contributed by atoms with Gasteiger partial charge in [0.05, 0.1) is 12.2 Å². The van der Waals surface area contributed by atoms with E-state index in [1.807, 2.05) is 30.3 Å². The number of carbonyl (C=O) groups is 1. The predicted octanol–water partition coefficient (Wildman–Crippen LogP) is 3.31. The summed E-state index contributed by atoms with van der Waals surface area (Å²) in [5.41, 5.74) is 5.69. The minimum atomic E-state index is -0.427. The lowest BCUT2D eigenvalue weighted by Crippen LogP contribution is -2.36. The van der Waals surface area contributed by atoms with Gasteiger partial charge in [0.2, 0.25) is 0 Å². The van der Waals surface area contributed by atoms with Gasteiger partial charge in [0.15, 0.2) is 5.96 Å². The van der Waals surface area contributed by atoms with E-state index in [-0.39, 0.29) is 18.4 Å². The molecule has 0 bridgehead atoms. The maximum Gasteiger partial charge on any atom is 0.262 e. The van der Waals surface area contributed by atoms with Gasteiger partial charge in [-0.05, 0) is 29.2 Å². The Labute approximate surface area is 142 Å². The molecule has 0 unspecified atom stereocenters. The molecule has 0 radical (unpaired) electrons. The number of hydrogen-bond donors (Lipinski definition) is 3. The average Bonchev–Trinajstić information content (AvgIpc) is 2.45. The molecule has 0 fully saturated rings. The number of halogens is 1. The summed E-state index contributed by atoms with van der Waals surface area (Å²) >= 11 is 0. The molecule has 0 aromatic heterocycles. The first-order valence-corrected chi connectivity index (χ1v) is 7.29. The van der Waals surface area contributed by atoms with Crippen molar-refractivity contribution in [3.05, 3.63) is 42.0 Å². The molecular formula is C17H22ClN3O2. The lowest BCUT2D eigenvalue weighted by Gasteiger charge is -2.14. The Kier molecular flexibility index (Phi) is 6.85. The standard InChI is InChI=1S/C17H21N3O2.ClH/c1-11(2)9-10-22-14-8-7-12-5-3-4-6-13(12)15(14)16(21)20-17(18)19;/h3-8,11H,9-10H2,1-2H3,(H4,18,19,20,21);1H. The van der Waals surface area contributed by atoms with Crippen LogP contribution in [0.5, 0.6) is 5.75 Å². The Morgan fingerprint density at radius 2 is 1.96 bits per heavy atom. The number of benzene rings is 2. The lowest BCUT2D eigenvalue weighted by molar-refractivity contribution is 0.0974. The van der Waals surface area contributed by atoms with Crippen LogP contribution in [0.4, 0.5) is 0 Å². The van der Waals surface area contributed by atoms with Crippen LogP contribution in [0.15, 0.2) is 36.4 Å². The van der Waals surface area contributed by atoms with E-state index < -0.39 is 5.91 Å². The van der Waals surface area contributed by atoms with Crippen LogP contribution < -0.4 is 15.8 Å². The van der Waals surface area contributed by atoms with E-state index in [2.05, 4.69) is 19.2 Å². The molecule has 0 aliphatic heterocycles. The first-order valence-electron chi connectivity index (χ1n) is 7.29. The van der Waals surface area contributed by atoms with Crippen LogP contribution in [0.2, 0.25) is 0 Å². The fourth-order valence-electron chi connectivity index (χ4n) is 2.20. The molecule has 2 rings (SSSR count). The number of fused-ring (bicyclic) bond motifs is 1. The highest BCUT2D eigenvalue weighted by Gasteiger charge is 2.17. The van der Waals surface area contributed by atoms with Crippen LogP contribution in [-0.4, -0.2) is 18.5 Å². The number of hydrogen-bond acceptors (Lipinski definition) is 3. The van der Waals surface area contributed by atoms with E-state index in [4.69, 9.17) is 15.9 Å². The summed E-state index contributed by atoms with van der Waals surface area (Å²) < 4.78 is 5.79. The first-order chi connectivity index (χ1) is 10.5. The Morgan fingerprint density at radius 1 is 1.26 bits per heavy atom. The molecule has 124 valence electrons. The topological polar surface area (TPSA) is 88.2 Å². The Bertz CT molecular complexity index is 701. The molecule has 0 spiro atoms. The van der Waals surface area contributed by atoms with Crippen molar-refractivity contribution in [1.29, 1.82) is 5.41 Å². The van der Waals surface area contributed by atoms with Gasteiger partial charge in [-0.2, -0.15) is 0 Å². The second-order valence-corrected chi connectivity index (χ2v) is 5.56. The number of ether oxygens (including phenoxy) is 1. The van der Waals surface area contributed by atoms with Gasteiger partial charge in [0.1, 0.15) is 5.75 Å². The number of nitrogens with one attached hydrogen (secondary N) is 2. The van der Waals surface area contributed by atoms with Gasteiger partial charge in [-0.25, -0.2) is 0 Å². The molecule has 5 nitrogen and oxygen atoms in total. The van der Waals surface area contributed by atoms with Crippen molar-refractivity contribution >= 4 is 35.0 Å². The number of nitrogens with two attached hydrogens (primary N) is 1. The third kappa shape index (κ3) is 4.86. The summed E-state index contributed by atoms with van der Waals surface area (Å²) in [4.78, 5) is 12.4. The molecular weight excluding hydrogens is 314 g/mol. The molecule has 2 aromatic carbocycles. The van der Waals surface area contributed by atoms with Crippen LogP contribution in [0.25, 0.3) is 10.8 Å². The third-order valence-corrected chi connectivity index (χ3v) is 3.32. The summed E-state index contributed by atoms with van der Waals surface area (Å²) in [6.07, 6.45) is 0.903. The van der Waals surface area contributed by atoms with Gasteiger partial charge in [-0.15, -0.1) is 12.4 Å². The van der Waals surface area contributed by atoms with Gasteiger partial charge >= 0.3 is 0 Å². The first kappa shape index (κ1) is 18.8. The van der Waals surface area contributed by atoms with Crippen molar-refractivity contribution in [2.24, 2.45) is 11.7 Å². The molecule has 0 saturated heterocycles. The van der Waals surface area contributed by atoms with Crippen LogP contribution >= 0.6 is 12.4 Å². The highest BCUT2D eigenvalue weighted by atomic mass is 35.5. The van der Waals surface area contributed by atoms with E-state index in [0.717, 1.165) is 17.2 Å². The minimum Gasteiger partial charge on any atom is -0.493 e. The summed E-state index contributed by atoms with van der Waals surface area (Å²) in [6.45, 7) is 4.77. The molecule has 0 aliphatic rings. The van der Waals surface area contributed by atoms with Gasteiger partial charge < -0.3 is 10.5 Å². The zero-order valence-corrected chi connectivity index (χ0v) is 14.1. The van der Waals surface area contributed by atoms with E-state index in [0.29, 0.717) is 23.8 Å². The monoisotopic (exact) mass is 335 g/mol. The molecule has 0 atom stereocenters. The maximum atomic E-state index is 12.4. The van der Waals surface area contributed by atoms with Crippen molar-refractivity contribution in [3.63, 3.8) is 0 Å². The molecule has 0 aliphatic carbocycles. The molecule has 2 aromatic rings. The smallest absolute Gasteiger partial charge is 0.262 e. The van der Waals surface area contributed by atoms with Crippen molar-refractivity contribution in [2.45, 2.75) is 20.3 Å². The lowest BCUT2D eigenvalue weighted by atomic mass is 10.0. The zero-order chi connectivity index (χ0) is 16.1. The van der Waals surface area contributed by atoms with Crippen molar-refractivity contribution in [1.82, 2.24) is 5.32 Å². The normalized spacial score (nSPS) is 10.2. The summed E-state index contributed by atoms with van der Waals surface area (Å²) in [7, 11) is 0. The maximum absolute atomic E-state index is 12.4. The summed E-state index contributed by atoms with van der Waals surface area (Å²) in [5.74, 6) is 0.225. The second kappa shape index (κ2) is 8.39. The van der Waals surface area contributed by atoms with Crippen LogP contribution in [0, 0.1) is 11.3 Å². The fraction of sp³-hybridized carbons (Fsp3) is 0.294. The van der Waals surface area contributed by atoms with Crippen LogP contribution in [-0.2, 0) is 0 Å². The SMILES string of the molecule is CC(C)CCOc1ccc2ccccc2c1C(=O)NC(=N)N.Cl. The summed E-state index contributed by atoms with van der Waals surface area (Å²) in [5, 5.41) is 11.3. The van der Waals surface area contributed by atoms with Gasteiger partial charge in [-0.3, -0.25) is 15.5 Å². The summed E-state index contributed by atoms with van der Waals surface area (Å²) in [6, 6.07) is 11.3. The van der Waals surface area contributed by atoms with Gasteiger partial charge in [0.25, 0.3) is 5.91 Å².